The summed E-state index contributed by atoms with van der Waals surface area (Å²) >= 11 is 0. The summed E-state index contributed by atoms with van der Waals surface area (Å²) in [4.78, 5) is 14.9. The van der Waals surface area contributed by atoms with E-state index in [0.717, 1.165) is 24.0 Å². The highest BCUT2D eigenvalue weighted by atomic mass is 19.4. The molecule has 8 heteroatoms. The lowest BCUT2D eigenvalue weighted by Crippen LogP contribution is -2.45. The van der Waals surface area contributed by atoms with Crippen molar-refractivity contribution in [3.05, 3.63) is 53.3 Å². The number of carbonyl (C=O) groups is 1. The average molecular weight is 408 g/mol. The second-order valence-electron chi connectivity index (χ2n) is 7.81. The van der Waals surface area contributed by atoms with Gasteiger partial charge in [-0.2, -0.15) is 18.3 Å². The maximum Gasteiger partial charge on any atom is 0.433 e. The summed E-state index contributed by atoms with van der Waals surface area (Å²) in [5.74, 6) is -0.709. The smallest absolute Gasteiger partial charge is 0.349 e. The van der Waals surface area contributed by atoms with Crippen LogP contribution < -0.4 is 5.32 Å². The van der Waals surface area contributed by atoms with Gasteiger partial charge in [-0.05, 0) is 39.2 Å². The van der Waals surface area contributed by atoms with Crippen molar-refractivity contribution >= 4 is 5.91 Å². The molecule has 2 aromatic rings. The Balaban J connectivity index is 1.63. The van der Waals surface area contributed by atoms with E-state index in [-0.39, 0.29) is 12.1 Å². The van der Waals surface area contributed by atoms with Crippen LogP contribution in [0.2, 0.25) is 0 Å². The third-order valence-electron chi connectivity index (χ3n) is 5.49. The van der Waals surface area contributed by atoms with Crippen molar-refractivity contribution in [2.24, 2.45) is 0 Å². The van der Waals surface area contributed by atoms with E-state index in [9.17, 15) is 18.0 Å². The van der Waals surface area contributed by atoms with Crippen LogP contribution in [0.4, 0.5) is 13.2 Å². The Morgan fingerprint density at radius 1 is 1.14 bits per heavy atom. The van der Waals surface area contributed by atoms with E-state index in [1.807, 2.05) is 18.2 Å². The van der Waals surface area contributed by atoms with E-state index in [1.165, 1.54) is 5.56 Å². The van der Waals surface area contributed by atoms with Crippen molar-refractivity contribution in [1.29, 1.82) is 0 Å². The topological polar surface area (TPSA) is 50.2 Å². The number of hydrogen-bond acceptors (Lipinski definition) is 3. The second-order valence-corrected chi connectivity index (χ2v) is 7.81. The fraction of sp³-hybridized carbons (Fsp3) is 0.524. The summed E-state index contributed by atoms with van der Waals surface area (Å²) in [6, 6.07) is 9.79. The fourth-order valence-electron chi connectivity index (χ4n) is 3.84. The van der Waals surface area contributed by atoms with Gasteiger partial charge in [0.2, 0.25) is 0 Å². The molecule has 1 N–H and O–H groups in total. The highest BCUT2D eigenvalue weighted by Gasteiger charge is 2.41. The van der Waals surface area contributed by atoms with E-state index >= 15 is 0 Å². The quantitative estimate of drug-likeness (QED) is 0.796. The Kier molecular flexibility index (Phi) is 6.31. The predicted octanol–water partition coefficient (Wildman–Crippen LogP) is 4.44. The van der Waals surface area contributed by atoms with Crippen LogP contribution in [0.3, 0.4) is 0 Å². The van der Waals surface area contributed by atoms with Crippen molar-refractivity contribution < 1.29 is 18.0 Å². The molecule has 1 saturated heterocycles. The zero-order chi connectivity index (χ0) is 21.2. The first-order valence-electron chi connectivity index (χ1n) is 9.93. The summed E-state index contributed by atoms with van der Waals surface area (Å²) in [6.45, 7) is 6.90. The van der Waals surface area contributed by atoms with Gasteiger partial charge < -0.3 is 5.32 Å². The van der Waals surface area contributed by atoms with E-state index in [1.54, 1.807) is 13.8 Å². The number of likely N-dealkylation sites (tertiary alicyclic amines) is 1. The minimum Gasteiger partial charge on any atom is -0.349 e. The van der Waals surface area contributed by atoms with Crippen molar-refractivity contribution in [3.63, 3.8) is 0 Å². The number of alkyl halides is 3. The molecule has 1 aliphatic heterocycles. The maximum atomic E-state index is 13.5. The highest BCUT2D eigenvalue weighted by Crippen LogP contribution is 2.33. The standard InChI is InChI=1S/C21H27F3N4O/c1-14(2)28-19(21(22,23)24)18(13-25-28)20(29)26-17-9-11-27(12-10-17)15(3)16-7-5-4-6-8-16/h4-8,13-15,17H,9-12H2,1-3H3,(H,26,29). The van der Waals surface area contributed by atoms with Gasteiger partial charge >= 0.3 is 6.18 Å². The molecule has 2 heterocycles. The number of nitrogens with one attached hydrogen (secondary N) is 1. The molecule has 29 heavy (non-hydrogen) atoms. The van der Waals surface area contributed by atoms with Gasteiger partial charge in [0, 0.05) is 31.2 Å². The molecule has 3 rings (SSSR count). The molecule has 1 aliphatic rings. The van der Waals surface area contributed by atoms with Gasteiger partial charge in [0.05, 0.1) is 11.8 Å². The van der Waals surface area contributed by atoms with Crippen LogP contribution in [0.15, 0.2) is 36.5 Å². The summed E-state index contributed by atoms with van der Waals surface area (Å²) in [6.07, 6.45) is -2.22. The molecule has 0 saturated carbocycles. The Morgan fingerprint density at radius 2 is 1.76 bits per heavy atom. The van der Waals surface area contributed by atoms with Crippen LogP contribution in [0.25, 0.3) is 0 Å². The molecule has 0 bridgehead atoms. The molecular formula is C21H27F3N4O. The lowest BCUT2D eigenvalue weighted by molar-refractivity contribution is -0.145. The Morgan fingerprint density at radius 3 is 2.31 bits per heavy atom. The van der Waals surface area contributed by atoms with Crippen molar-refractivity contribution in [3.8, 4) is 0 Å². The van der Waals surface area contributed by atoms with Gasteiger partial charge in [-0.25, -0.2) is 0 Å². The van der Waals surface area contributed by atoms with Gasteiger partial charge in [0.15, 0.2) is 5.69 Å². The Labute approximate surface area is 168 Å². The van der Waals surface area contributed by atoms with E-state index in [2.05, 4.69) is 34.4 Å². The van der Waals surface area contributed by atoms with Crippen LogP contribution in [-0.2, 0) is 6.18 Å². The Bertz CT molecular complexity index is 824. The number of hydrogen-bond donors (Lipinski definition) is 1. The third-order valence-corrected chi connectivity index (χ3v) is 5.49. The highest BCUT2D eigenvalue weighted by molar-refractivity contribution is 5.95. The maximum absolute atomic E-state index is 13.5. The van der Waals surface area contributed by atoms with Crippen LogP contribution in [-0.4, -0.2) is 39.7 Å². The first-order valence-corrected chi connectivity index (χ1v) is 9.93. The molecule has 1 fully saturated rings. The van der Waals surface area contributed by atoms with Crippen molar-refractivity contribution in [2.45, 2.75) is 57.9 Å². The number of aromatic nitrogens is 2. The summed E-state index contributed by atoms with van der Waals surface area (Å²) in [5.41, 5.74) is -0.169. The molecular weight excluding hydrogens is 381 g/mol. The molecule has 5 nitrogen and oxygen atoms in total. The first kappa shape index (κ1) is 21.4. The number of rotatable bonds is 5. The molecule has 1 unspecified atom stereocenters. The van der Waals surface area contributed by atoms with Crippen LogP contribution in [0.1, 0.15) is 67.3 Å². The number of amides is 1. The normalized spacial score (nSPS) is 17.5. The van der Waals surface area contributed by atoms with Crippen molar-refractivity contribution in [1.82, 2.24) is 20.0 Å². The molecule has 0 radical (unpaired) electrons. The van der Waals surface area contributed by atoms with Crippen LogP contribution >= 0.6 is 0 Å². The SMILES string of the molecule is CC(c1ccccc1)N1CCC(NC(=O)c2cnn(C(C)C)c2C(F)(F)F)CC1. The molecule has 1 aromatic carbocycles. The molecule has 0 spiro atoms. The van der Waals surface area contributed by atoms with E-state index in [4.69, 9.17) is 0 Å². The largest absolute Gasteiger partial charge is 0.433 e. The minimum absolute atomic E-state index is 0.148. The Hall–Kier alpha value is -2.35. The number of piperidine rings is 1. The van der Waals surface area contributed by atoms with Gasteiger partial charge in [0.25, 0.3) is 5.91 Å². The third kappa shape index (κ3) is 4.80. The monoisotopic (exact) mass is 408 g/mol. The lowest BCUT2D eigenvalue weighted by Gasteiger charge is -2.36. The molecule has 1 amide bonds. The number of nitrogens with zero attached hydrogens (tertiary/aromatic N) is 3. The van der Waals surface area contributed by atoms with E-state index < -0.39 is 29.4 Å². The van der Waals surface area contributed by atoms with Crippen LogP contribution in [0, 0.1) is 0 Å². The molecule has 158 valence electrons. The second kappa shape index (κ2) is 8.57. The van der Waals surface area contributed by atoms with Gasteiger partial charge in [-0.15, -0.1) is 0 Å². The van der Waals surface area contributed by atoms with E-state index in [0.29, 0.717) is 12.8 Å². The van der Waals surface area contributed by atoms with Gasteiger partial charge in [-0.1, -0.05) is 30.3 Å². The van der Waals surface area contributed by atoms with Crippen LogP contribution in [0.5, 0.6) is 0 Å². The minimum atomic E-state index is -4.64. The average Bonchev–Trinajstić information content (AvgIpc) is 3.15. The summed E-state index contributed by atoms with van der Waals surface area (Å²) in [5, 5.41) is 6.57. The van der Waals surface area contributed by atoms with Gasteiger partial charge in [0.1, 0.15) is 0 Å². The first-order chi connectivity index (χ1) is 13.7. The molecule has 1 atom stereocenters. The lowest BCUT2D eigenvalue weighted by atomic mass is 10.00. The van der Waals surface area contributed by atoms with Crippen molar-refractivity contribution in [2.75, 3.05) is 13.1 Å². The van der Waals surface area contributed by atoms with Gasteiger partial charge in [-0.3, -0.25) is 14.4 Å². The zero-order valence-corrected chi connectivity index (χ0v) is 16.9. The number of halogens is 3. The predicted molar refractivity (Wildman–Crippen MR) is 105 cm³/mol. The summed E-state index contributed by atoms with van der Waals surface area (Å²) < 4.78 is 41.3. The molecule has 1 aromatic heterocycles. The fourth-order valence-corrected chi connectivity index (χ4v) is 3.84. The molecule has 0 aliphatic carbocycles. The number of benzene rings is 1. The summed E-state index contributed by atoms with van der Waals surface area (Å²) in [7, 11) is 0. The zero-order valence-electron chi connectivity index (χ0n) is 16.9. The number of carbonyl (C=O) groups excluding carboxylic acids is 1.